The molecule has 0 spiro atoms. The van der Waals surface area contributed by atoms with Gasteiger partial charge >= 0.3 is 0 Å². The van der Waals surface area contributed by atoms with E-state index in [4.69, 9.17) is 0 Å². The summed E-state index contributed by atoms with van der Waals surface area (Å²) in [4.78, 5) is 0. The van der Waals surface area contributed by atoms with E-state index in [1.807, 2.05) is 0 Å². The smallest absolute Gasteiger partial charge is 0.0918 e. The lowest BCUT2D eigenvalue weighted by atomic mass is 9.75. The fraction of sp³-hybridized carbons (Fsp3) is 1.00. The predicted octanol–water partition coefficient (Wildman–Crippen LogP) is 9.88. The molecule has 0 aromatic heterocycles. The van der Waals surface area contributed by atoms with E-state index in [2.05, 4.69) is 166 Å². The molecular formula is C32H72N2O. The Bertz CT molecular complexity index is 463. The SMILES string of the molecule is CC(C)(C)[N+](C(C)(C)C)(C(C)(C)C)C(C)(C)C.CC(C)(C)[N+](C(C)(C)C)(C(C)(C)C)C(C)(C)C.[O-2]. The Labute approximate surface area is 224 Å². The third-order valence-corrected chi connectivity index (χ3v) is 8.05. The second-order valence-electron chi connectivity index (χ2n) is 18.7. The van der Waals surface area contributed by atoms with Crippen molar-refractivity contribution in [1.82, 2.24) is 0 Å². The maximum atomic E-state index is 2.38. The summed E-state index contributed by atoms with van der Waals surface area (Å²) in [6.07, 6.45) is 0. The highest BCUT2D eigenvalue weighted by molar-refractivity contribution is 4.89. The molecule has 0 unspecified atom stereocenters. The fourth-order valence-corrected chi connectivity index (χ4v) is 12.1. The summed E-state index contributed by atoms with van der Waals surface area (Å²) in [7, 11) is 0. The summed E-state index contributed by atoms with van der Waals surface area (Å²) in [6.45, 7) is 57.2. The van der Waals surface area contributed by atoms with Gasteiger partial charge in [0.2, 0.25) is 0 Å². The van der Waals surface area contributed by atoms with Crippen LogP contribution >= 0.6 is 0 Å². The van der Waals surface area contributed by atoms with Crippen molar-refractivity contribution in [3.05, 3.63) is 0 Å². The monoisotopic (exact) mass is 501 g/mol. The fourth-order valence-electron chi connectivity index (χ4n) is 12.1. The van der Waals surface area contributed by atoms with Crippen molar-refractivity contribution in [1.29, 1.82) is 0 Å². The first kappa shape index (κ1) is 39.4. The molecule has 0 aromatic rings. The molecular weight excluding hydrogens is 428 g/mol. The van der Waals surface area contributed by atoms with Gasteiger partial charge in [0.05, 0.1) is 44.3 Å². The topological polar surface area (TPSA) is 28.5 Å². The molecule has 0 saturated carbocycles. The van der Waals surface area contributed by atoms with Gasteiger partial charge < -0.3 is 14.4 Å². The number of hydrogen-bond donors (Lipinski definition) is 0. The van der Waals surface area contributed by atoms with Gasteiger partial charge in [-0.25, -0.2) is 0 Å². The van der Waals surface area contributed by atoms with Gasteiger partial charge in [0.1, 0.15) is 0 Å². The van der Waals surface area contributed by atoms with Gasteiger partial charge in [0.25, 0.3) is 0 Å². The van der Waals surface area contributed by atoms with Crippen LogP contribution in [0, 0.1) is 0 Å². The zero-order chi connectivity index (χ0) is 29.0. The highest BCUT2D eigenvalue weighted by Gasteiger charge is 2.63. The summed E-state index contributed by atoms with van der Waals surface area (Å²) in [5.41, 5.74) is 1.62. The average Bonchev–Trinajstić information content (AvgIpc) is 2.21. The van der Waals surface area contributed by atoms with Crippen molar-refractivity contribution in [3.8, 4) is 0 Å². The second-order valence-corrected chi connectivity index (χ2v) is 18.7. The van der Waals surface area contributed by atoms with E-state index in [-0.39, 0.29) is 49.8 Å². The maximum Gasteiger partial charge on any atom is 0.0918 e. The van der Waals surface area contributed by atoms with Crippen molar-refractivity contribution in [2.75, 3.05) is 0 Å². The van der Waals surface area contributed by atoms with Crippen LogP contribution in [0.25, 0.3) is 0 Å². The number of hydrogen-bond acceptors (Lipinski definition) is 0. The highest BCUT2D eigenvalue weighted by Crippen LogP contribution is 2.51. The standard InChI is InChI=1S/2C16H36N.O/c2*1-13(2,3)17(14(4,5)6,15(7,8)9)16(10,11)12;/h2*1-12H3;/q2*+1;-2. The molecule has 0 heterocycles. The van der Waals surface area contributed by atoms with Gasteiger partial charge in [-0.1, -0.05) is 0 Å². The van der Waals surface area contributed by atoms with Crippen molar-refractivity contribution < 1.29 is 14.4 Å². The summed E-state index contributed by atoms with van der Waals surface area (Å²) < 4.78 is 2.17. The third kappa shape index (κ3) is 6.66. The lowest BCUT2D eigenvalue weighted by molar-refractivity contribution is -1.08. The molecule has 0 radical (unpaired) electrons. The summed E-state index contributed by atoms with van der Waals surface area (Å²) in [5, 5.41) is 0. The van der Waals surface area contributed by atoms with E-state index in [0.29, 0.717) is 0 Å². The Hall–Kier alpha value is -0.120. The number of rotatable bonds is 0. The predicted molar refractivity (Wildman–Crippen MR) is 159 cm³/mol. The van der Waals surface area contributed by atoms with E-state index in [1.54, 1.807) is 0 Å². The van der Waals surface area contributed by atoms with Crippen LogP contribution in [0.3, 0.4) is 0 Å². The molecule has 0 bridgehead atoms. The van der Waals surface area contributed by atoms with E-state index < -0.39 is 0 Å². The molecule has 0 aliphatic carbocycles. The first-order chi connectivity index (χ1) is 14.0. The quantitative estimate of drug-likeness (QED) is 0.296. The molecule has 0 fully saturated rings. The zero-order valence-electron chi connectivity index (χ0n) is 29.3. The molecule has 3 nitrogen and oxygen atoms in total. The molecule has 0 aliphatic heterocycles. The van der Waals surface area contributed by atoms with E-state index in [1.165, 1.54) is 0 Å². The first-order valence-corrected chi connectivity index (χ1v) is 13.8. The number of quaternary nitrogens is 2. The van der Waals surface area contributed by atoms with Crippen LogP contribution in [0.15, 0.2) is 0 Å². The lowest BCUT2D eigenvalue weighted by Crippen LogP contribution is -2.82. The normalized spacial score (nSPS) is 15.8. The molecule has 0 saturated heterocycles. The van der Waals surface area contributed by atoms with E-state index in [0.717, 1.165) is 8.97 Å². The molecule has 0 rings (SSSR count). The van der Waals surface area contributed by atoms with Crippen molar-refractivity contribution in [2.24, 2.45) is 0 Å². The van der Waals surface area contributed by atoms with Crippen molar-refractivity contribution in [3.63, 3.8) is 0 Å². The molecule has 0 amide bonds. The number of nitrogens with zero attached hydrogens (tertiary/aromatic N) is 2. The maximum absolute atomic E-state index is 2.38. The van der Waals surface area contributed by atoms with Gasteiger partial charge in [0.15, 0.2) is 0 Å². The molecule has 3 heteroatoms. The summed E-state index contributed by atoms with van der Waals surface area (Å²) in [6, 6.07) is 0. The minimum atomic E-state index is 0. The second kappa shape index (κ2) is 10.2. The average molecular weight is 501 g/mol. The van der Waals surface area contributed by atoms with Gasteiger partial charge in [-0.2, -0.15) is 0 Å². The molecule has 0 aromatic carbocycles. The van der Waals surface area contributed by atoms with Crippen molar-refractivity contribution in [2.45, 2.75) is 210 Å². The lowest BCUT2D eigenvalue weighted by Gasteiger charge is -2.70. The molecule has 0 atom stereocenters. The molecule has 216 valence electrons. The van der Waals surface area contributed by atoms with E-state index >= 15 is 0 Å². The minimum Gasteiger partial charge on any atom is -2.00 e. The molecule has 0 aliphatic rings. The Morgan fingerprint density at radius 2 is 0.257 bits per heavy atom. The molecule has 0 N–H and O–H groups in total. The zero-order valence-corrected chi connectivity index (χ0v) is 29.3. The van der Waals surface area contributed by atoms with Crippen LogP contribution in [0.4, 0.5) is 0 Å². The Kier molecular flexibility index (Phi) is 11.5. The Balaban J connectivity index is -0.000000569. The van der Waals surface area contributed by atoms with Gasteiger partial charge in [0, 0.05) is 0 Å². The minimum absolute atomic E-state index is 0. The van der Waals surface area contributed by atoms with Crippen LogP contribution in [0.1, 0.15) is 166 Å². The van der Waals surface area contributed by atoms with E-state index in [9.17, 15) is 0 Å². The van der Waals surface area contributed by atoms with Crippen LogP contribution in [-0.4, -0.2) is 53.3 Å². The molecule has 35 heavy (non-hydrogen) atoms. The van der Waals surface area contributed by atoms with Gasteiger partial charge in [-0.15, -0.1) is 0 Å². The highest BCUT2D eigenvalue weighted by atomic mass is 16.0. The third-order valence-electron chi connectivity index (χ3n) is 8.05. The first-order valence-electron chi connectivity index (χ1n) is 13.8. The largest absolute Gasteiger partial charge is 2.00 e. The van der Waals surface area contributed by atoms with Crippen LogP contribution in [0.5, 0.6) is 0 Å². The Morgan fingerprint density at radius 1 is 0.200 bits per heavy atom. The van der Waals surface area contributed by atoms with Crippen LogP contribution in [-0.2, 0) is 5.48 Å². The van der Waals surface area contributed by atoms with Crippen LogP contribution < -0.4 is 0 Å². The Morgan fingerprint density at radius 3 is 0.257 bits per heavy atom. The van der Waals surface area contributed by atoms with Gasteiger partial charge in [-0.05, 0) is 166 Å². The van der Waals surface area contributed by atoms with Crippen LogP contribution in [0.2, 0.25) is 0 Å². The summed E-state index contributed by atoms with van der Waals surface area (Å²) in [5.74, 6) is 0. The van der Waals surface area contributed by atoms with Gasteiger partial charge in [-0.3, -0.25) is 0 Å². The van der Waals surface area contributed by atoms with Crippen molar-refractivity contribution >= 4 is 0 Å². The summed E-state index contributed by atoms with van der Waals surface area (Å²) >= 11 is 0.